The van der Waals surface area contributed by atoms with Gasteiger partial charge in [-0.15, -0.1) is 0 Å². The first-order valence-corrected chi connectivity index (χ1v) is 19.9. The first-order chi connectivity index (χ1) is 28.8. The molecule has 0 aliphatic heterocycles. The number of anilines is 3. The summed E-state index contributed by atoms with van der Waals surface area (Å²) in [5.74, 6) is 0. The second-order valence-electron chi connectivity index (χ2n) is 14.9. The van der Waals surface area contributed by atoms with Crippen molar-refractivity contribution in [1.29, 1.82) is 0 Å². The van der Waals surface area contributed by atoms with Gasteiger partial charge in [0.25, 0.3) is 0 Å². The Morgan fingerprint density at radius 2 is 0.862 bits per heavy atom. The molecule has 0 spiro atoms. The second kappa shape index (κ2) is 14.1. The lowest BCUT2D eigenvalue weighted by molar-refractivity contribution is 1.19. The molecule has 0 radical (unpaired) electrons. The SMILES string of the molecule is c1ccc(-c2ccc(N(c3ccccc3-c3ccccc3)c3ccc(-c4ccc(-n5c6ccccc6c6ccc7ccccc7c65)cc4)c4ccccc34)cc2)cc1. The Balaban J connectivity index is 1.06. The lowest BCUT2D eigenvalue weighted by Crippen LogP contribution is -2.12. The summed E-state index contributed by atoms with van der Waals surface area (Å²) in [6.45, 7) is 0. The van der Waals surface area contributed by atoms with Crippen molar-refractivity contribution in [3.8, 4) is 39.1 Å². The van der Waals surface area contributed by atoms with E-state index in [0.29, 0.717) is 0 Å². The summed E-state index contributed by atoms with van der Waals surface area (Å²) in [7, 11) is 0. The van der Waals surface area contributed by atoms with Gasteiger partial charge in [0.1, 0.15) is 0 Å². The molecule has 2 nitrogen and oxygen atoms in total. The molecule has 0 N–H and O–H groups in total. The van der Waals surface area contributed by atoms with E-state index in [4.69, 9.17) is 0 Å². The van der Waals surface area contributed by atoms with Gasteiger partial charge in [-0.05, 0) is 81.1 Å². The van der Waals surface area contributed by atoms with E-state index in [2.05, 4.69) is 240 Å². The van der Waals surface area contributed by atoms with Crippen LogP contribution in [0.25, 0.3) is 82.4 Å². The van der Waals surface area contributed by atoms with E-state index in [1.54, 1.807) is 0 Å². The van der Waals surface area contributed by atoms with Crippen LogP contribution in [0.1, 0.15) is 0 Å². The molecule has 0 saturated heterocycles. The van der Waals surface area contributed by atoms with Crippen molar-refractivity contribution in [2.24, 2.45) is 0 Å². The molecule has 272 valence electrons. The quantitative estimate of drug-likeness (QED) is 0.158. The average molecular weight is 739 g/mol. The Morgan fingerprint density at radius 1 is 0.293 bits per heavy atom. The maximum atomic E-state index is 2.43. The number of nitrogens with zero attached hydrogens (tertiary/aromatic N) is 2. The van der Waals surface area contributed by atoms with Gasteiger partial charge in [0.15, 0.2) is 0 Å². The molecule has 0 aliphatic rings. The standard InChI is InChI=1S/C56H38N2/c1-3-15-39(16-4-1)40-27-32-44(33-28-40)57(53-25-13-11-20-47(53)41-17-5-2-6-18-41)55-38-37-46(49-22-9-10-23-50(49)55)43-29-34-45(35-30-43)58-54-26-14-12-24-51(54)52-36-31-42-19-7-8-21-48(42)56(52)58/h1-38H. The van der Waals surface area contributed by atoms with Crippen molar-refractivity contribution < 1.29 is 0 Å². The maximum absolute atomic E-state index is 2.43. The largest absolute Gasteiger partial charge is 0.309 e. The van der Waals surface area contributed by atoms with Crippen molar-refractivity contribution in [1.82, 2.24) is 4.57 Å². The van der Waals surface area contributed by atoms with Gasteiger partial charge in [-0.2, -0.15) is 0 Å². The van der Waals surface area contributed by atoms with Crippen molar-refractivity contribution in [2.45, 2.75) is 0 Å². The van der Waals surface area contributed by atoms with Gasteiger partial charge in [0.2, 0.25) is 0 Å². The molecule has 10 aromatic carbocycles. The van der Waals surface area contributed by atoms with E-state index in [1.165, 1.54) is 76.7 Å². The van der Waals surface area contributed by atoms with Crippen LogP contribution in [0, 0.1) is 0 Å². The minimum atomic E-state index is 1.10. The van der Waals surface area contributed by atoms with Crippen molar-refractivity contribution in [3.05, 3.63) is 231 Å². The van der Waals surface area contributed by atoms with Crippen LogP contribution in [0.3, 0.4) is 0 Å². The van der Waals surface area contributed by atoms with Crippen LogP contribution in [0.15, 0.2) is 231 Å². The molecule has 0 unspecified atom stereocenters. The summed E-state index contributed by atoms with van der Waals surface area (Å²) >= 11 is 0. The Morgan fingerprint density at radius 3 is 1.64 bits per heavy atom. The number of hydrogen-bond donors (Lipinski definition) is 0. The van der Waals surface area contributed by atoms with Crippen LogP contribution in [0.5, 0.6) is 0 Å². The number of aromatic nitrogens is 1. The first kappa shape index (κ1) is 33.6. The van der Waals surface area contributed by atoms with Gasteiger partial charge in [0.05, 0.1) is 22.4 Å². The molecule has 11 rings (SSSR count). The zero-order valence-electron chi connectivity index (χ0n) is 31.8. The van der Waals surface area contributed by atoms with Crippen LogP contribution >= 0.6 is 0 Å². The normalized spacial score (nSPS) is 11.4. The predicted octanol–water partition coefficient (Wildman–Crippen LogP) is 15.6. The highest BCUT2D eigenvalue weighted by Crippen LogP contribution is 2.46. The van der Waals surface area contributed by atoms with Gasteiger partial charge in [-0.1, -0.05) is 188 Å². The van der Waals surface area contributed by atoms with Gasteiger partial charge >= 0.3 is 0 Å². The second-order valence-corrected chi connectivity index (χ2v) is 14.9. The van der Waals surface area contributed by atoms with Crippen molar-refractivity contribution >= 4 is 60.4 Å². The van der Waals surface area contributed by atoms with E-state index in [1.807, 2.05) is 0 Å². The van der Waals surface area contributed by atoms with Crippen molar-refractivity contribution in [3.63, 3.8) is 0 Å². The van der Waals surface area contributed by atoms with Gasteiger partial charge < -0.3 is 9.47 Å². The fourth-order valence-corrected chi connectivity index (χ4v) is 8.89. The van der Waals surface area contributed by atoms with E-state index in [0.717, 1.165) is 22.7 Å². The monoisotopic (exact) mass is 738 g/mol. The lowest BCUT2D eigenvalue weighted by Gasteiger charge is -2.29. The number of benzene rings is 10. The van der Waals surface area contributed by atoms with E-state index in [-0.39, 0.29) is 0 Å². The van der Waals surface area contributed by atoms with E-state index in [9.17, 15) is 0 Å². The smallest absolute Gasteiger partial charge is 0.0619 e. The molecule has 0 fully saturated rings. The third kappa shape index (κ3) is 5.66. The Hall–Kier alpha value is -7.68. The molecule has 0 saturated carbocycles. The third-order valence-electron chi connectivity index (χ3n) is 11.6. The number of rotatable bonds is 7. The molecule has 0 aliphatic carbocycles. The molecular weight excluding hydrogens is 701 g/mol. The molecule has 0 bridgehead atoms. The Bertz CT molecular complexity index is 3250. The van der Waals surface area contributed by atoms with E-state index < -0.39 is 0 Å². The molecule has 1 aromatic heterocycles. The molecule has 1 heterocycles. The summed E-state index contributed by atoms with van der Waals surface area (Å²) in [5, 5.41) is 7.44. The summed E-state index contributed by atoms with van der Waals surface area (Å²) < 4.78 is 2.43. The van der Waals surface area contributed by atoms with Crippen LogP contribution < -0.4 is 4.90 Å². The topological polar surface area (TPSA) is 8.17 Å². The summed E-state index contributed by atoms with van der Waals surface area (Å²) in [5.41, 5.74) is 14.1. The molecule has 58 heavy (non-hydrogen) atoms. The van der Waals surface area contributed by atoms with Gasteiger partial charge in [0, 0.05) is 38.5 Å². The summed E-state index contributed by atoms with van der Waals surface area (Å²) in [6.07, 6.45) is 0. The fraction of sp³-hybridized carbons (Fsp3) is 0. The molecule has 2 heteroatoms. The summed E-state index contributed by atoms with van der Waals surface area (Å²) in [6, 6.07) is 83.6. The number of fused-ring (bicyclic) bond motifs is 6. The molecule has 0 amide bonds. The third-order valence-corrected chi connectivity index (χ3v) is 11.6. The summed E-state index contributed by atoms with van der Waals surface area (Å²) in [4.78, 5) is 2.43. The highest BCUT2D eigenvalue weighted by Gasteiger charge is 2.21. The van der Waals surface area contributed by atoms with Gasteiger partial charge in [-0.3, -0.25) is 0 Å². The lowest BCUT2D eigenvalue weighted by atomic mass is 9.95. The Kier molecular flexibility index (Phi) is 8.19. The first-order valence-electron chi connectivity index (χ1n) is 19.9. The number of hydrogen-bond acceptors (Lipinski definition) is 1. The van der Waals surface area contributed by atoms with Gasteiger partial charge in [-0.25, -0.2) is 0 Å². The Labute approximate surface area is 338 Å². The minimum Gasteiger partial charge on any atom is -0.309 e. The zero-order valence-corrected chi connectivity index (χ0v) is 31.8. The average Bonchev–Trinajstić information content (AvgIpc) is 3.65. The van der Waals surface area contributed by atoms with E-state index >= 15 is 0 Å². The fourth-order valence-electron chi connectivity index (χ4n) is 8.89. The molecule has 11 aromatic rings. The zero-order chi connectivity index (χ0) is 38.4. The predicted molar refractivity (Wildman–Crippen MR) is 247 cm³/mol. The van der Waals surface area contributed by atoms with Crippen LogP contribution in [-0.2, 0) is 0 Å². The van der Waals surface area contributed by atoms with Crippen LogP contribution in [0.2, 0.25) is 0 Å². The molecular formula is C56H38N2. The maximum Gasteiger partial charge on any atom is 0.0619 e. The highest BCUT2D eigenvalue weighted by atomic mass is 15.1. The highest BCUT2D eigenvalue weighted by molar-refractivity contribution is 6.18. The minimum absolute atomic E-state index is 1.10. The van der Waals surface area contributed by atoms with Crippen LogP contribution in [0.4, 0.5) is 17.1 Å². The van der Waals surface area contributed by atoms with Crippen LogP contribution in [-0.4, -0.2) is 4.57 Å². The molecule has 0 atom stereocenters. The number of para-hydroxylation sites is 2. The van der Waals surface area contributed by atoms with Crippen molar-refractivity contribution in [2.75, 3.05) is 4.90 Å².